The minimum Gasteiger partial charge on any atom is -0.466 e. The van der Waals surface area contributed by atoms with E-state index in [9.17, 15) is 35.1 Å². The zero-order chi connectivity index (χ0) is 62.3. The molecule has 7 atom stereocenters. The Morgan fingerprint density at radius 3 is 1.21 bits per heavy atom. The molecule has 0 bridgehead atoms. The van der Waals surface area contributed by atoms with Crippen molar-refractivity contribution in [3.63, 3.8) is 0 Å². The lowest BCUT2D eigenvalue weighted by Gasteiger charge is -2.40. The van der Waals surface area contributed by atoms with Crippen molar-refractivity contribution in [1.82, 2.24) is 5.32 Å². The van der Waals surface area contributed by atoms with Crippen molar-refractivity contribution in [3.8, 4) is 0 Å². The summed E-state index contributed by atoms with van der Waals surface area (Å²) in [6.45, 7) is 4.31. The number of esters is 1. The summed E-state index contributed by atoms with van der Waals surface area (Å²) in [5.41, 5.74) is 0. The monoisotopic (exact) mass is 1220 g/mol. The lowest BCUT2D eigenvalue weighted by atomic mass is 9.99. The van der Waals surface area contributed by atoms with E-state index in [0.29, 0.717) is 19.4 Å². The zero-order valence-corrected chi connectivity index (χ0v) is 56.3. The lowest BCUT2D eigenvalue weighted by molar-refractivity contribution is -0.302. The second-order valence-electron chi connectivity index (χ2n) is 26.0. The maximum atomic E-state index is 13.0. The topological polar surface area (TPSA) is 175 Å². The Bertz CT molecular complexity index is 1520. The Balaban J connectivity index is 1.86. The van der Waals surface area contributed by atoms with Crippen LogP contribution in [0.25, 0.3) is 0 Å². The number of carbonyl (C=O) groups excluding carboxylic acids is 2. The second-order valence-corrected chi connectivity index (χ2v) is 26.0. The number of hydrogen-bond acceptors (Lipinski definition) is 10. The summed E-state index contributed by atoms with van der Waals surface area (Å²) in [6, 6.07) is -0.804. The molecular weight excluding hydrogens is 1070 g/mol. The Morgan fingerprint density at radius 2 is 0.791 bits per heavy atom. The van der Waals surface area contributed by atoms with Crippen LogP contribution in [0.15, 0.2) is 36.5 Å². The number of amides is 1. The highest BCUT2D eigenvalue weighted by Crippen LogP contribution is 2.24. The molecule has 1 aliphatic rings. The fourth-order valence-corrected chi connectivity index (χ4v) is 11.9. The molecule has 1 fully saturated rings. The van der Waals surface area contributed by atoms with Crippen molar-refractivity contribution in [1.29, 1.82) is 0 Å². The Kier molecular flexibility index (Phi) is 61.3. The van der Waals surface area contributed by atoms with Crippen LogP contribution < -0.4 is 5.32 Å². The SMILES string of the molecule is CCCC/C=C\C/C=C\CCCCCCCC(=O)OCCCCCCCCCCCCCCCCCCCCCCCCCCCCCCCCCCCCCC(=O)NC(COC1OC(CO)C(O)C(O)C1O)C(O)/C=C/CCCCCCCCC. The van der Waals surface area contributed by atoms with Gasteiger partial charge < -0.3 is 45.1 Å². The number of allylic oxidation sites excluding steroid dienone is 5. The van der Waals surface area contributed by atoms with E-state index in [1.54, 1.807) is 6.08 Å². The van der Waals surface area contributed by atoms with E-state index in [4.69, 9.17) is 14.2 Å². The molecule has 1 heterocycles. The van der Waals surface area contributed by atoms with Gasteiger partial charge in [0.05, 0.1) is 32.0 Å². The van der Waals surface area contributed by atoms with Crippen LogP contribution in [0.3, 0.4) is 0 Å². The van der Waals surface area contributed by atoms with E-state index < -0.39 is 49.5 Å². The van der Waals surface area contributed by atoms with Gasteiger partial charge in [0.2, 0.25) is 5.91 Å². The molecule has 7 unspecified atom stereocenters. The summed E-state index contributed by atoms with van der Waals surface area (Å²) in [5.74, 6) is -0.176. The van der Waals surface area contributed by atoms with Crippen LogP contribution in [0.4, 0.5) is 0 Å². The fourth-order valence-electron chi connectivity index (χ4n) is 11.9. The summed E-state index contributed by atoms with van der Waals surface area (Å²) in [5, 5.41) is 54.3. The number of nitrogens with one attached hydrogen (secondary N) is 1. The molecule has 1 amide bonds. The van der Waals surface area contributed by atoms with Gasteiger partial charge in [-0.15, -0.1) is 0 Å². The van der Waals surface area contributed by atoms with Gasteiger partial charge in [-0.3, -0.25) is 9.59 Å². The van der Waals surface area contributed by atoms with Crippen LogP contribution in [0, 0.1) is 0 Å². The minimum atomic E-state index is -1.57. The van der Waals surface area contributed by atoms with Crippen LogP contribution in [0.2, 0.25) is 0 Å². The molecule has 1 rings (SSSR count). The molecule has 0 aromatic heterocycles. The molecule has 506 valence electrons. The number of unbranched alkanes of at least 4 members (excludes halogenated alkanes) is 48. The van der Waals surface area contributed by atoms with Gasteiger partial charge in [0.1, 0.15) is 24.4 Å². The number of aliphatic hydroxyl groups is 5. The summed E-state index contributed by atoms with van der Waals surface area (Å²) in [7, 11) is 0. The van der Waals surface area contributed by atoms with Crippen molar-refractivity contribution in [2.75, 3.05) is 19.8 Å². The lowest BCUT2D eigenvalue weighted by Crippen LogP contribution is -2.60. The highest BCUT2D eigenvalue weighted by atomic mass is 16.7. The third-order valence-electron chi connectivity index (χ3n) is 17.7. The predicted molar refractivity (Wildman–Crippen MR) is 361 cm³/mol. The molecule has 0 aromatic rings. The molecule has 86 heavy (non-hydrogen) atoms. The molecule has 0 radical (unpaired) electrons. The largest absolute Gasteiger partial charge is 0.466 e. The Labute approximate surface area is 530 Å². The van der Waals surface area contributed by atoms with Crippen molar-refractivity contribution in [2.45, 2.75) is 410 Å². The van der Waals surface area contributed by atoms with Gasteiger partial charge in [0.25, 0.3) is 0 Å². The van der Waals surface area contributed by atoms with E-state index in [-0.39, 0.29) is 18.5 Å². The quantitative estimate of drug-likeness (QED) is 0.0195. The van der Waals surface area contributed by atoms with E-state index >= 15 is 0 Å². The normalized spacial score (nSPS) is 18.1. The summed E-state index contributed by atoms with van der Waals surface area (Å²) >= 11 is 0. The first-order chi connectivity index (χ1) is 42.2. The van der Waals surface area contributed by atoms with E-state index in [1.165, 1.54) is 276 Å². The van der Waals surface area contributed by atoms with Crippen molar-refractivity contribution < 1.29 is 49.3 Å². The van der Waals surface area contributed by atoms with Crippen LogP contribution >= 0.6 is 0 Å². The van der Waals surface area contributed by atoms with E-state index in [2.05, 4.69) is 43.5 Å². The third kappa shape index (κ3) is 52.6. The molecule has 0 aliphatic carbocycles. The van der Waals surface area contributed by atoms with E-state index in [0.717, 1.165) is 64.2 Å². The summed E-state index contributed by atoms with van der Waals surface area (Å²) in [6.07, 6.45) is 73.2. The third-order valence-corrected chi connectivity index (χ3v) is 17.7. The molecule has 1 saturated heterocycles. The first-order valence-electron chi connectivity index (χ1n) is 37.3. The predicted octanol–water partition coefficient (Wildman–Crippen LogP) is 19.4. The van der Waals surface area contributed by atoms with Gasteiger partial charge in [-0.2, -0.15) is 0 Å². The average molecular weight is 1220 g/mol. The van der Waals surface area contributed by atoms with Gasteiger partial charge in [-0.1, -0.05) is 333 Å². The number of carbonyl (C=O) groups is 2. The van der Waals surface area contributed by atoms with Crippen LogP contribution in [0.5, 0.6) is 0 Å². The molecule has 0 aromatic carbocycles. The molecule has 0 spiro atoms. The Hall–Kier alpha value is -2.12. The highest BCUT2D eigenvalue weighted by molar-refractivity contribution is 5.76. The van der Waals surface area contributed by atoms with Crippen molar-refractivity contribution >= 4 is 11.9 Å². The van der Waals surface area contributed by atoms with Crippen LogP contribution in [-0.2, 0) is 23.8 Å². The zero-order valence-electron chi connectivity index (χ0n) is 56.3. The van der Waals surface area contributed by atoms with Crippen LogP contribution in [-0.4, -0.2) is 100 Å². The van der Waals surface area contributed by atoms with Gasteiger partial charge >= 0.3 is 5.97 Å². The first-order valence-corrected chi connectivity index (χ1v) is 37.3. The molecule has 11 heteroatoms. The molecule has 6 N–H and O–H groups in total. The van der Waals surface area contributed by atoms with Crippen molar-refractivity contribution in [2.24, 2.45) is 0 Å². The number of ether oxygens (including phenoxy) is 3. The van der Waals surface area contributed by atoms with Gasteiger partial charge in [0.15, 0.2) is 6.29 Å². The maximum Gasteiger partial charge on any atom is 0.305 e. The second kappa shape index (κ2) is 64.4. The molecule has 0 saturated carbocycles. The highest BCUT2D eigenvalue weighted by Gasteiger charge is 2.44. The van der Waals surface area contributed by atoms with Crippen molar-refractivity contribution in [3.05, 3.63) is 36.5 Å². The smallest absolute Gasteiger partial charge is 0.305 e. The molecule has 1 aliphatic heterocycles. The fraction of sp³-hybridized carbons (Fsp3) is 0.893. The van der Waals surface area contributed by atoms with E-state index in [1.807, 2.05) is 6.08 Å². The van der Waals surface area contributed by atoms with Gasteiger partial charge in [-0.05, 0) is 57.8 Å². The molecule has 11 nitrogen and oxygen atoms in total. The first kappa shape index (κ1) is 81.9. The average Bonchev–Trinajstić information content (AvgIpc) is 3.57. The standard InChI is InChI=1S/C75H141NO10/c1-3-5-7-9-11-13-14-15-40-43-47-51-55-59-63-71(80)84-64-60-56-52-48-44-41-38-36-34-32-30-28-26-24-22-20-18-16-17-19-21-23-25-27-29-31-33-35-37-39-42-46-50-54-58-62-70(79)76-67(68(78)61-57-53-49-45-12-10-8-6-4-2)66-85-75-74(83)73(82)72(81)69(65-77)86-75/h9,11,14-15,57,61,67-69,72-75,77-78,81-83H,3-8,10,12-13,16-56,58-60,62-66H2,1-2H3,(H,76,79)/b11-9-,15-14-,61-57+. The molecular formula is C75H141NO10. The number of hydrogen-bond donors (Lipinski definition) is 6. The van der Waals surface area contributed by atoms with Gasteiger partial charge in [0, 0.05) is 12.8 Å². The number of aliphatic hydroxyl groups excluding tert-OH is 5. The summed E-state index contributed by atoms with van der Waals surface area (Å²) < 4.78 is 16.7. The maximum absolute atomic E-state index is 13.0. The van der Waals surface area contributed by atoms with Crippen LogP contribution in [0.1, 0.15) is 367 Å². The number of rotatable bonds is 66. The van der Waals surface area contributed by atoms with Gasteiger partial charge in [-0.25, -0.2) is 0 Å². The Morgan fingerprint density at radius 1 is 0.430 bits per heavy atom. The minimum absolute atomic E-state index is 0.00146. The summed E-state index contributed by atoms with van der Waals surface area (Å²) in [4.78, 5) is 25.1.